The minimum Gasteiger partial charge on any atom is -0.487 e. The molecule has 2 heteroatoms. The zero-order chi connectivity index (χ0) is 7.28. The van der Waals surface area contributed by atoms with Gasteiger partial charge in [0.15, 0.2) is 5.76 Å². The van der Waals surface area contributed by atoms with Crippen LogP contribution >= 0.6 is 0 Å². The van der Waals surface area contributed by atoms with Crippen molar-refractivity contribution in [1.82, 2.24) is 0 Å². The van der Waals surface area contributed by atoms with Gasteiger partial charge < -0.3 is 4.74 Å². The third kappa shape index (κ3) is 3.36. The fourth-order valence-corrected chi connectivity index (χ4v) is 0.361. The molecule has 0 atom stereocenters. The summed E-state index contributed by atoms with van der Waals surface area (Å²) in [4.78, 5) is 0. The van der Waals surface area contributed by atoms with Gasteiger partial charge in [-0.2, -0.15) is 5.26 Å². The molecule has 0 aromatic carbocycles. The first-order valence-corrected chi connectivity index (χ1v) is 2.52. The Bertz CT molecular complexity index is 174. The minimum absolute atomic E-state index is 0.294. The van der Waals surface area contributed by atoms with E-state index < -0.39 is 0 Å². The molecular formula is C7H9NO. The fraction of sp³-hybridized carbons (Fsp3) is 0.286. The Morgan fingerprint density at radius 1 is 1.78 bits per heavy atom. The first kappa shape index (κ1) is 7.77. The van der Waals surface area contributed by atoms with E-state index in [-0.39, 0.29) is 0 Å². The van der Waals surface area contributed by atoms with Crippen LogP contribution in [0.1, 0.15) is 6.92 Å². The van der Waals surface area contributed by atoms with E-state index in [1.165, 1.54) is 7.11 Å². The Morgan fingerprint density at radius 2 is 2.33 bits per heavy atom. The molecule has 0 radical (unpaired) electrons. The highest BCUT2D eigenvalue weighted by atomic mass is 16.5. The van der Waals surface area contributed by atoms with Crippen LogP contribution in [0.25, 0.3) is 0 Å². The summed E-state index contributed by atoms with van der Waals surface area (Å²) in [6, 6.07) is 1.86. The Labute approximate surface area is 55.1 Å². The SMILES string of the molecule is C=C(C)/C=C(/C#N)OC. The molecule has 0 N–H and O–H groups in total. The normalized spacial score (nSPS) is 10.1. The molecule has 0 aromatic rings. The second-order valence-corrected chi connectivity index (χ2v) is 1.67. The summed E-state index contributed by atoms with van der Waals surface area (Å²) in [7, 11) is 1.46. The molecule has 0 spiro atoms. The van der Waals surface area contributed by atoms with Crippen LogP contribution in [0.15, 0.2) is 24.0 Å². The number of nitriles is 1. The lowest BCUT2D eigenvalue weighted by atomic mass is 10.3. The van der Waals surface area contributed by atoms with E-state index in [0.29, 0.717) is 5.76 Å². The van der Waals surface area contributed by atoms with E-state index in [1.54, 1.807) is 13.0 Å². The minimum atomic E-state index is 0.294. The van der Waals surface area contributed by atoms with Crippen LogP contribution in [0.3, 0.4) is 0 Å². The van der Waals surface area contributed by atoms with E-state index in [9.17, 15) is 0 Å². The van der Waals surface area contributed by atoms with E-state index in [1.807, 2.05) is 6.07 Å². The van der Waals surface area contributed by atoms with Gasteiger partial charge in [0, 0.05) is 0 Å². The zero-order valence-electron chi connectivity index (χ0n) is 5.64. The predicted molar refractivity (Wildman–Crippen MR) is 35.5 cm³/mol. The van der Waals surface area contributed by atoms with Crippen LogP contribution in [-0.4, -0.2) is 7.11 Å². The number of nitrogens with zero attached hydrogens (tertiary/aromatic N) is 1. The number of rotatable bonds is 2. The number of ether oxygens (including phenoxy) is 1. The highest BCUT2D eigenvalue weighted by Gasteiger charge is 1.88. The van der Waals surface area contributed by atoms with Gasteiger partial charge in [0.05, 0.1) is 7.11 Å². The van der Waals surface area contributed by atoms with Crippen LogP contribution in [-0.2, 0) is 4.74 Å². The highest BCUT2D eigenvalue weighted by Crippen LogP contribution is 1.97. The van der Waals surface area contributed by atoms with Gasteiger partial charge in [-0.15, -0.1) is 0 Å². The second-order valence-electron chi connectivity index (χ2n) is 1.67. The summed E-state index contributed by atoms with van der Waals surface area (Å²) in [6.07, 6.45) is 1.58. The lowest BCUT2D eigenvalue weighted by Crippen LogP contribution is -1.80. The molecule has 9 heavy (non-hydrogen) atoms. The molecule has 0 saturated heterocycles. The van der Waals surface area contributed by atoms with Crippen LogP contribution in [0, 0.1) is 11.3 Å². The van der Waals surface area contributed by atoms with E-state index in [2.05, 4.69) is 11.3 Å². The van der Waals surface area contributed by atoms with Crippen molar-refractivity contribution < 1.29 is 4.74 Å². The van der Waals surface area contributed by atoms with E-state index >= 15 is 0 Å². The van der Waals surface area contributed by atoms with Gasteiger partial charge in [-0.05, 0) is 13.0 Å². The molecule has 48 valence electrons. The topological polar surface area (TPSA) is 33.0 Å². The van der Waals surface area contributed by atoms with Gasteiger partial charge in [0.1, 0.15) is 6.07 Å². The van der Waals surface area contributed by atoms with E-state index in [0.717, 1.165) is 5.57 Å². The molecule has 0 bridgehead atoms. The predicted octanol–water partition coefficient (Wildman–Crippen LogP) is 1.62. The fourth-order valence-electron chi connectivity index (χ4n) is 0.361. The van der Waals surface area contributed by atoms with Crippen LogP contribution in [0.2, 0.25) is 0 Å². The molecular weight excluding hydrogens is 114 g/mol. The molecule has 0 unspecified atom stereocenters. The number of methoxy groups -OCH3 is 1. The molecule has 0 aliphatic rings. The molecule has 0 aliphatic heterocycles. The number of hydrogen-bond acceptors (Lipinski definition) is 2. The van der Waals surface area contributed by atoms with Crippen LogP contribution < -0.4 is 0 Å². The standard InChI is InChI=1S/C7H9NO/c1-6(2)4-7(5-8)9-3/h4H,1H2,2-3H3/b7-4-. The van der Waals surface area contributed by atoms with Gasteiger partial charge in [-0.3, -0.25) is 0 Å². The third-order valence-electron chi connectivity index (χ3n) is 0.708. The van der Waals surface area contributed by atoms with Gasteiger partial charge in [-0.25, -0.2) is 0 Å². The van der Waals surface area contributed by atoms with Crippen molar-refractivity contribution >= 4 is 0 Å². The molecule has 0 aromatic heterocycles. The van der Waals surface area contributed by atoms with Crippen molar-refractivity contribution in [3.05, 3.63) is 24.0 Å². The van der Waals surface area contributed by atoms with Crippen LogP contribution in [0.4, 0.5) is 0 Å². The Balaban J connectivity index is 4.13. The van der Waals surface area contributed by atoms with Crippen molar-refractivity contribution in [3.8, 4) is 6.07 Å². The van der Waals surface area contributed by atoms with Crippen molar-refractivity contribution in [1.29, 1.82) is 5.26 Å². The van der Waals surface area contributed by atoms with Crippen molar-refractivity contribution in [2.75, 3.05) is 7.11 Å². The summed E-state index contributed by atoms with van der Waals surface area (Å²) in [6.45, 7) is 5.39. The van der Waals surface area contributed by atoms with Crippen molar-refractivity contribution in [2.24, 2.45) is 0 Å². The van der Waals surface area contributed by atoms with Gasteiger partial charge in [0.2, 0.25) is 0 Å². The molecule has 0 aliphatic carbocycles. The first-order valence-electron chi connectivity index (χ1n) is 2.52. The Kier molecular flexibility index (Phi) is 3.22. The lowest BCUT2D eigenvalue weighted by molar-refractivity contribution is 0.310. The van der Waals surface area contributed by atoms with Gasteiger partial charge >= 0.3 is 0 Å². The molecule has 2 nitrogen and oxygen atoms in total. The highest BCUT2D eigenvalue weighted by molar-refractivity contribution is 5.23. The summed E-state index contributed by atoms with van der Waals surface area (Å²) in [5.74, 6) is 0.294. The maximum absolute atomic E-state index is 8.29. The molecule has 0 saturated carbocycles. The van der Waals surface area contributed by atoms with Crippen molar-refractivity contribution in [2.45, 2.75) is 6.92 Å². The Morgan fingerprint density at radius 3 is 2.44 bits per heavy atom. The molecule has 0 amide bonds. The maximum Gasteiger partial charge on any atom is 0.196 e. The summed E-state index contributed by atoms with van der Waals surface area (Å²) >= 11 is 0. The van der Waals surface area contributed by atoms with Gasteiger partial charge in [0.25, 0.3) is 0 Å². The first-order chi connectivity index (χ1) is 4.20. The number of allylic oxidation sites excluding steroid dienone is 3. The molecule has 0 rings (SSSR count). The largest absolute Gasteiger partial charge is 0.487 e. The summed E-state index contributed by atoms with van der Waals surface area (Å²) in [5.41, 5.74) is 0.813. The van der Waals surface area contributed by atoms with Gasteiger partial charge in [-0.1, -0.05) is 12.2 Å². The average Bonchev–Trinajstić information content (AvgIpc) is 1.82. The maximum atomic E-state index is 8.29. The molecule has 0 fully saturated rings. The lowest BCUT2D eigenvalue weighted by Gasteiger charge is -1.92. The monoisotopic (exact) mass is 123 g/mol. The number of hydrogen-bond donors (Lipinski definition) is 0. The molecule has 0 heterocycles. The van der Waals surface area contributed by atoms with Crippen LogP contribution in [0.5, 0.6) is 0 Å². The average molecular weight is 123 g/mol. The zero-order valence-corrected chi connectivity index (χ0v) is 5.64. The second kappa shape index (κ2) is 3.73. The van der Waals surface area contributed by atoms with Crippen molar-refractivity contribution in [3.63, 3.8) is 0 Å². The summed E-state index contributed by atoms with van der Waals surface area (Å²) in [5, 5.41) is 8.29. The summed E-state index contributed by atoms with van der Waals surface area (Å²) < 4.78 is 4.65. The third-order valence-corrected chi connectivity index (χ3v) is 0.708. The smallest absolute Gasteiger partial charge is 0.196 e. The quantitative estimate of drug-likeness (QED) is 0.317. The Hall–Kier alpha value is -1.23. The van der Waals surface area contributed by atoms with E-state index in [4.69, 9.17) is 5.26 Å².